The van der Waals surface area contributed by atoms with E-state index in [1.165, 1.54) is 5.47 Å². The Bertz CT molecular complexity index is 1040. The van der Waals surface area contributed by atoms with E-state index in [0.29, 0.717) is 5.56 Å². The van der Waals surface area contributed by atoms with Gasteiger partial charge < -0.3 is 9.23 Å². The van der Waals surface area contributed by atoms with Gasteiger partial charge in [-0.25, -0.2) is 4.57 Å². The normalized spacial score (nSPS) is 16.7. The van der Waals surface area contributed by atoms with Crippen molar-refractivity contribution in [2.45, 2.75) is 13.8 Å². The van der Waals surface area contributed by atoms with E-state index in [1.54, 1.807) is 12.3 Å². The van der Waals surface area contributed by atoms with Crippen LogP contribution < -0.4 is 15.0 Å². The van der Waals surface area contributed by atoms with Gasteiger partial charge in [0.1, 0.15) is 12.6 Å². The molecule has 0 saturated carbocycles. The molecule has 0 fully saturated rings. The molecule has 0 bridgehead atoms. The lowest BCUT2D eigenvalue weighted by molar-refractivity contribution is -0.654. The maximum absolute atomic E-state index is 7.61. The molecule has 0 N–H and O–H groups in total. The molecule has 114 valence electrons. The molecule has 0 aliphatic carbocycles. The second kappa shape index (κ2) is 5.02. The Hall–Kier alpha value is -2.49. The molecule has 0 atom stereocenters. The Morgan fingerprint density at radius 1 is 1.22 bits per heavy atom. The molecule has 0 radical (unpaired) electrons. The lowest BCUT2D eigenvalue weighted by Crippen LogP contribution is -2.62. The highest BCUT2D eigenvalue weighted by Gasteiger charge is 2.38. The van der Waals surface area contributed by atoms with Gasteiger partial charge in [0, 0.05) is 20.6 Å². The molecular weight excluding hydrogens is 283 g/mol. The number of furan rings is 1. The standard InChI is InChI=1S/C19H20BN2O/c1-13-9-10-18(21(3)12-13)20-14(2)11-16-15-7-5-6-8-17(15)23-19(16)22(20)4/h5-12H,1-4H3/q+1/i1D3. The van der Waals surface area contributed by atoms with Crippen molar-refractivity contribution in [1.29, 1.82) is 0 Å². The lowest BCUT2D eigenvalue weighted by Gasteiger charge is -2.28. The summed E-state index contributed by atoms with van der Waals surface area (Å²) in [5.41, 5.74) is 4.51. The van der Waals surface area contributed by atoms with E-state index in [-0.39, 0.29) is 6.85 Å². The second-order valence-corrected chi connectivity index (χ2v) is 6.17. The van der Waals surface area contributed by atoms with Gasteiger partial charge in [0.15, 0.2) is 17.7 Å². The van der Waals surface area contributed by atoms with Gasteiger partial charge in [-0.2, -0.15) is 0 Å². The predicted octanol–water partition coefficient (Wildman–Crippen LogP) is 2.86. The van der Waals surface area contributed by atoms with Gasteiger partial charge in [-0.15, -0.1) is 0 Å². The number of anilines is 1. The summed E-state index contributed by atoms with van der Waals surface area (Å²) in [5, 5.41) is 1.11. The van der Waals surface area contributed by atoms with Gasteiger partial charge in [-0.1, -0.05) is 29.7 Å². The van der Waals surface area contributed by atoms with Crippen LogP contribution in [0.1, 0.15) is 22.2 Å². The van der Waals surface area contributed by atoms with E-state index in [2.05, 4.69) is 23.9 Å². The van der Waals surface area contributed by atoms with Crippen LogP contribution in [-0.2, 0) is 7.05 Å². The van der Waals surface area contributed by atoms with Crippen LogP contribution in [0.15, 0.2) is 52.5 Å². The Labute approximate surface area is 141 Å². The number of fused-ring (bicyclic) bond motifs is 3. The quantitative estimate of drug-likeness (QED) is 0.509. The number of rotatable bonds is 1. The van der Waals surface area contributed by atoms with Crippen LogP contribution in [0.25, 0.3) is 17.0 Å². The SMILES string of the molecule is [2H]C([2H])([2H])c1ccc(B2C(C)=Cc3c(oc4ccccc34)N2C)[n+](C)c1. The van der Waals surface area contributed by atoms with E-state index < -0.39 is 6.85 Å². The summed E-state index contributed by atoms with van der Waals surface area (Å²) in [7, 11) is 3.90. The Morgan fingerprint density at radius 3 is 2.83 bits per heavy atom. The molecule has 1 aliphatic heterocycles. The highest BCUT2D eigenvalue weighted by molar-refractivity contribution is 6.82. The fraction of sp³-hybridized carbons (Fsp3) is 0.211. The van der Waals surface area contributed by atoms with Crippen molar-refractivity contribution in [1.82, 2.24) is 0 Å². The summed E-state index contributed by atoms with van der Waals surface area (Å²) in [4.78, 5) is 2.12. The maximum atomic E-state index is 7.61. The highest BCUT2D eigenvalue weighted by atomic mass is 16.4. The molecule has 3 aromatic rings. The molecule has 0 spiro atoms. The summed E-state index contributed by atoms with van der Waals surface area (Å²) in [6, 6.07) is 11.6. The zero-order chi connectivity index (χ0) is 18.6. The van der Waals surface area contributed by atoms with Crippen LogP contribution in [0.4, 0.5) is 5.88 Å². The van der Waals surface area contributed by atoms with Crippen LogP contribution in [0.5, 0.6) is 0 Å². The average molecular weight is 306 g/mol. The van der Waals surface area contributed by atoms with Gasteiger partial charge in [0.05, 0.1) is 0 Å². The van der Waals surface area contributed by atoms with Gasteiger partial charge in [0.25, 0.3) is 0 Å². The summed E-state index contributed by atoms with van der Waals surface area (Å²) < 4.78 is 30.8. The molecule has 2 aromatic heterocycles. The Balaban J connectivity index is 1.82. The lowest BCUT2D eigenvalue weighted by atomic mass is 9.49. The monoisotopic (exact) mass is 306 g/mol. The van der Waals surface area contributed by atoms with Crippen molar-refractivity contribution in [3.8, 4) is 0 Å². The van der Waals surface area contributed by atoms with Crippen molar-refractivity contribution in [3.63, 3.8) is 0 Å². The van der Waals surface area contributed by atoms with Crippen molar-refractivity contribution < 1.29 is 13.1 Å². The molecule has 0 unspecified atom stereocenters. The number of aryl methyl sites for hydroxylation is 2. The van der Waals surface area contributed by atoms with Crippen LogP contribution in [0.3, 0.4) is 0 Å². The third kappa shape index (κ3) is 2.09. The minimum absolute atomic E-state index is 0.0151. The number of para-hydroxylation sites is 1. The first kappa shape index (κ1) is 11.1. The molecule has 1 aliphatic rings. The molecule has 4 rings (SSSR count). The topological polar surface area (TPSA) is 20.3 Å². The van der Waals surface area contributed by atoms with Crippen LogP contribution in [0, 0.1) is 6.85 Å². The summed E-state index contributed by atoms with van der Waals surface area (Å²) in [6.45, 7) is -0.0199. The minimum Gasteiger partial charge on any atom is -0.441 e. The highest BCUT2D eigenvalue weighted by Crippen LogP contribution is 2.37. The molecule has 4 heteroatoms. The van der Waals surface area contributed by atoms with Gasteiger partial charge >= 0.3 is 6.85 Å². The molecular formula is C19H20BN2O+. The summed E-state index contributed by atoms with van der Waals surface area (Å²) in [5.74, 6) is 0.835. The molecule has 23 heavy (non-hydrogen) atoms. The Kier molecular flexibility index (Phi) is 2.42. The largest absolute Gasteiger partial charge is 0.441 e. The van der Waals surface area contributed by atoms with E-state index >= 15 is 0 Å². The zero-order valence-electron chi connectivity index (χ0n) is 16.5. The first-order valence-corrected chi connectivity index (χ1v) is 7.70. The third-order valence-electron chi connectivity index (χ3n) is 4.58. The van der Waals surface area contributed by atoms with Crippen molar-refractivity contribution in [2.75, 3.05) is 11.9 Å². The number of pyridine rings is 1. The zero-order valence-corrected chi connectivity index (χ0v) is 13.5. The van der Waals surface area contributed by atoms with Crippen molar-refractivity contribution >= 4 is 35.4 Å². The first-order chi connectivity index (χ1) is 12.3. The van der Waals surface area contributed by atoms with E-state index in [0.717, 1.165) is 28.0 Å². The first-order valence-electron chi connectivity index (χ1n) is 9.20. The van der Waals surface area contributed by atoms with E-state index in [9.17, 15) is 0 Å². The number of allylic oxidation sites excluding steroid dienone is 1. The van der Waals surface area contributed by atoms with Gasteiger partial charge in [-0.05, 0) is 39.0 Å². The van der Waals surface area contributed by atoms with Crippen molar-refractivity contribution in [2.24, 2.45) is 7.05 Å². The van der Waals surface area contributed by atoms with Crippen LogP contribution in [-0.4, -0.2) is 13.9 Å². The fourth-order valence-corrected chi connectivity index (χ4v) is 3.52. The molecule has 1 aromatic carbocycles. The van der Waals surface area contributed by atoms with E-state index in [4.69, 9.17) is 8.53 Å². The molecule has 0 saturated heterocycles. The number of benzene rings is 1. The van der Waals surface area contributed by atoms with Crippen LogP contribution in [0.2, 0.25) is 0 Å². The van der Waals surface area contributed by atoms with Crippen molar-refractivity contribution in [3.05, 3.63) is 59.2 Å². The predicted molar refractivity (Wildman–Crippen MR) is 96.0 cm³/mol. The number of nitrogens with zero attached hydrogens (tertiary/aromatic N) is 2. The number of aromatic nitrogens is 1. The third-order valence-corrected chi connectivity index (χ3v) is 4.58. The summed E-state index contributed by atoms with van der Waals surface area (Å²) in [6.07, 6.45) is 3.86. The molecule has 0 amide bonds. The summed E-state index contributed by atoms with van der Waals surface area (Å²) >= 11 is 0. The average Bonchev–Trinajstić information content (AvgIpc) is 2.94. The number of hydrogen-bond donors (Lipinski definition) is 0. The fourth-order valence-electron chi connectivity index (χ4n) is 3.52. The van der Waals surface area contributed by atoms with Gasteiger partial charge in [-0.3, -0.25) is 0 Å². The minimum atomic E-state index is -2.11. The second-order valence-electron chi connectivity index (χ2n) is 6.17. The maximum Gasteiger partial charge on any atom is 0.401 e. The molecule has 3 heterocycles. The van der Waals surface area contributed by atoms with Crippen LogP contribution >= 0.6 is 0 Å². The Morgan fingerprint density at radius 2 is 2.04 bits per heavy atom. The van der Waals surface area contributed by atoms with E-state index in [1.807, 2.05) is 42.9 Å². The number of hydrogen-bond acceptors (Lipinski definition) is 2. The smallest absolute Gasteiger partial charge is 0.401 e. The van der Waals surface area contributed by atoms with Gasteiger partial charge in [0.2, 0.25) is 0 Å². The molecule has 3 nitrogen and oxygen atoms in total.